The Balaban J connectivity index is 1.66. The number of fused-ring (bicyclic) bond motifs is 2. The summed E-state index contributed by atoms with van der Waals surface area (Å²) in [5, 5.41) is 0. The van der Waals surface area contributed by atoms with Crippen molar-refractivity contribution in [2.45, 2.75) is 44.9 Å². The fraction of sp³-hybridized carbons (Fsp3) is 0.562. The maximum Gasteiger partial charge on any atom is 0.410 e. The second-order valence-corrected chi connectivity index (χ2v) is 6.85. The number of likely N-dealkylation sites (tertiary alicyclic amines) is 1. The van der Waals surface area contributed by atoms with Crippen LogP contribution in [0.2, 0.25) is 0 Å². The summed E-state index contributed by atoms with van der Waals surface area (Å²) in [5.41, 5.74) is 0.450. The Hall–Kier alpha value is -2.11. The SMILES string of the molecule is C=Cc1cnc(N2C[C@@H]3C[C@H]2CN3C(=O)OC(C)(C)C)nc1. The zero-order chi connectivity index (χ0) is 15.9. The highest BCUT2D eigenvalue weighted by Crippen LogP contribution is 2.33. The van der Waals surface area contributed by atoms with Crippen molar-refractivity contribution < 1.29 is 9.53 Å². The first kappa shape index (κ1) is 14.8. The molecule has 0 spiro atoms. The molecule has 0 radical (unpaired) electrons. The Kier molecular flexibility index (Phi) is 3.54. The number of nitrogens with zero attached hydrogens (tertiary/aromatic N) is 4. The van der Waals surface area contributed by atoms with Crippen molar-refractivity contribution in [1.29, 1.82) is 0 Å². The molecule has 22 heavy (non-hydrogen) atoms. The summed E-state index contributed by atoms with van der Waals surface area (Å²) in [6.07, 6.45) is 6.00. The minimum atomic E-state index is -0.456. The van der Waals surface area contributed by atoms with E-state index in [2.05, 4.69) is 21.4 Å². The summed E-state index contributed by atoms with van der Waals surface area (Å²) >= 11 is 0. The second kappa shape index (κ2) is 5.26. The summed E-state index contributed by atoms with van der Waals surface area (Å²) in [4.78, 5) is 25.0. The molecule has 1 aromatic rings. The molecule has 1 amide bonds. The van der Waals surface area contributed by atoms with Crippen LogP contribution in [0.5, 0.6) is 0 Å². The zero-order valence-electron chi connectivity index (χ0n) is 13.3. The van der Waals surface area contributed by atoms with Crippen LogP contribution in [-0.4, -0.2) is 51.7 Å². The van der Waals surface area contributed by atoms with E-state index in [4.69, 9.17) is 4.74 Å². The molecule has 2 bridgehead atoms. The van der Waals surface area contributed by atoms with Crippen molar-refractivity contribution in [2.24, 2.45) is 0 Å². The number of amides is 1. The van der Waals surface area contributed by atoms with Gasteiger partial charge in [-0.2, -0.15) is 0 Å². The first-order valence-corrected chi connectivity index (χ1v) is 7.58. The third-order valence-electron chi connectivity index (χ3n) is 4.02. The molecule has 6 nitrogen and oxygen atoms in total. The smallest absolute Gasteiger partial charge is 0.410 e. The Morgan fingerprint density at radius 3 is 2.50 bits per heavy atom. The number of ether oxygens (including phenoxy) is 1. The normalized spacial score (nSPS) is 23.8. The zero-order valence-corrected chi connectivity index (χ0v) is 13.3. The monoisotopic (exact) mass is 302 g/mol. The molecule has 2 aliphatic heterocycles. The van der Waals surface area contributed by atoms with Crippen LogP contribution in [0.3, 0.4) is 0 Å². The number of carbonyl (C=O) groups is 1. The lowest BCUT2D eigenvalue weighted by Crippen LogP contribution is -2.50. The maximum absolute atomic E-state index is 12.2. The van der Waals surface area contributed by atoms with E-state index in [1.54, 1.807) is 18.5 Å². The van der Waals surface area contributed by atoms with Gasteiger partial charge in [-0.1, -0.05) is 12.7 Å². The number of rotatable bonds is 2. The largest absolute Gasteiger partial charge is 0.444 e. The first-order chi connectivity index (χ1) is 10.4. The molecular weight excluding hydrogens is 280 g/mol. The van der Waals surface area contributed by atoms with E-state index in [9.17, 15) is 4.79 Å². The second-order valence-electron chi connectivity index (χ2n) is 6.85. The number of carbonyl (C=O) groups excluding carboxylic acids is 1. The highest BCUT2D eigenvalue weighted by Gasteiger charge is 2.47. The number of hydrogen-bond acceptors (Lipinski definition) is 5. The van der Waals surface area contributed by atoms with Crippen molar-refractivity contribution in [3.63, 3.8) is 0 Å². The van der Waals surface area contributed by atoms with Gasteiger partial charge >= 0.3 is 6.09 Å². The van der Waals surface area contributed by atoms with Gasteiger partial charge in [0.05, 0.1) is 12.1 Å². The Morgan fingerprint density at radius 2 is 2.00 bits per heavy atom. The molecule has 1 aromatic heterocycles. The fourth-order valence-corrected chi connectivity index (χ4v) is 3.04. The average molecular weight is 302 g/mol. The summed E-state index contributed by atoms with van der Waals surface area (Å²) in [6.45, 7) is 10.8. The average Bonchev–Trinajstić information content (AvgIpc) is 3.05. The van der Waals surface area contributed by atoms with Crippen molar-refractivity contribution in [2.75, 3.05) is 18.0 Å². The van der Waals surface area contributed by atoms with Gasteiger partial charge in [-0.3, -0.25) is 0 Å². The van der Waals surface area contributed by atoms with Crippen LogP contribution in [0.15, 0.2) is 19.0 Å². The molecular formula is C16H22N4O2. The Morgan fingerprint density at radius 1 is 1.32 bits per heavy atom. The summed E-state index contributed by atoms with van der Waals surface area (Å²) < 4.78 is 5.47. The van der Waals surface area contributed by atoms with Crippen LogP contribution in [0, 0.1) is 0 Å². The van der Waals surface area contributed by atoms with Gasteiger partial charge in [0.2, 0.25) is 5.95 Å². The van der Waals surface area contributed by atoms with E-state index in [0.717, 1.165) is 24.5 Å². The lowest BCUT2D eigenvalue weighted by Gasteiger charge is -2.35. The van der Waals surface area contributed by atoms with E-state index in [0.29, 0.717) is 6.54 Å². The third-order valence-corrected chi connectivity index (χ3v) is 4.02. The predicted molar refractivity (Wildman–Crippen MR) is 84.6 cm³/mol. The van der Waals surface area contributed by atoms with Crippen molar-refractivity contribution in [3.05, 3.63) is 24.5 Å². The summed E-state index contributed by atoms with van der Waals surface area (Å²) in [7, 11) is 0. The highest BCUT2D eigenvalue weighted by atomic mass is 16.6. The Bertz CT molecular complexity index is 579. The fourth-order valence-electron chi connectivity index (χ4n) is 3.04. The van der Waals surface area contributed by atoms with Gasteiger partial charge in [0.25, 0.3) is 0 Å². The lowest BCUT2D eigenvalue weighted by atomic mass is 10.2. The van der Waals surface area contributed by atoms with Crippen LogP contribution < -0.4 is 4.90 Å². The minimum Gasteiger partial charge on any atom is -0.444 e. The molecule has 3 rings (SSSR count). The molecule has 0 saturated carbocycles. The van der Waals surface area contributed by atoms with Gasteiger partial charge in [0, 0.05) is 31.0 Å². The number of anilines is 1. The van der Waals surface area contributed by atoms with Crippen molar-refractivity contribution in [3.8, 4) is 0 Å². The number of aromatic nitrogens is 2. The predicted octanol–water partition coefficient (Wildman–Crippen LogP) is 2.32. The van der Waals surface area contributed by atoms with Crippen LogP contribution in [0.4, 0.5) is 10.7 Å². The van der Waals surface area contributed by atoms with Gasteiger partial charge in [-0.25, -0.2) is 14.8 Å². The maximum atomic E-state index is 12.2. The van der Waals surface area contributed by atoms with Gasteiger partial charge < -0.3 is 14.5 Å². The highest BCUT2D eigenvalue weighted by molar-refractivity contribution is 5.70. The molecule has 0 unspecified atom stereocenters. The van der Waals surface area contributed by atoms with Crippen LogP contribution in [-0.2, 0) is 4.74 Å². The van der Waals surface area contributed by atoms with Gasteiger partial charge in [0.15, 0.2) is 0 Å². The summed E-state index contributed by atoms with van der Waals surface area (Å²) in [6, 6.07) is 0.453. The topological polar surface area (TPSA) is 58.6 Å². The molecule has 2 fully saturated rings. The first-order valence-electron chi connectivity index (χ1n) is 7.58. The third kappa shape index (κ3) is 2.77. The quantitative estimate of drug-likeness (QED) is 0.839. The van der Waals surface area contributed by atoms with E-state index in [1.165, 1.54) is 0 Å². The van der Waals surface area contributed by atoms with Gasteiger partial charge in [-0.05, 0) is 27.2 Å². The molecule has 2 saturated heterocycles. The molecule has 0 aromatic carbocycles. The van der Waals surface area contributed by atoms with Crippen molar-refractivity contribution >= 4 is 18.1 Å². The standard InChI is InChI=1S/C16H22N4O2/c1-5-11-7-17-14(18-8-11)19-9-13-6-12(19)10-20(13)15(21)22-16(2,3)4/h5,7-8,12-13H,1,6,9-10H2,2-4H3/t12-,13-/m0/s1. The van der Waals surface area contributed by atoms with Crippen molar-refractivity contribution in [1.82, 2.24) is 14.9 Å². The van der Waals surface area contributed by atoms with E-state index in [1.807, 2.05) is 25.7 Å². The molecule has 0 aliphatic carbocycles. The van der Waals surface area contributed by atoms with E-state index in [-0.39, 0.29) is 18.2 Å². The molecule has 6 heteroatoms. The lowest BCUT2D eigenvalue weighted by molar-refractivity contribution is 0.0214. The Labute approximate surface area is 130 Å². The van der Waals surface area contributed by atoms with Crippen LogP contribution >= 0.6 is 0 Å². The molecule has 0 N–H and O–H groups in total. The molecule has 3 heterocycles. The van der Waals surface area contributed by atoms with Crippen LogP contribution in [0.1, 0.15) is 32.8 Å². The number of hydrogen-bond donors (Lipinski definition) is 0. The number of piperazine rings is 1. The summed E-state index contributed by atoms with van der Waals surface area (Å²) in [5.74, 6) is 0.724. The van der Waals surface area contributed by atoms with E-state index >= 15 is 0 Å². The van der Waals surface area contributed by atoms with Crippen LogP contribution in [0.25, 0.3) is 6.08 Å². The van der Waals surface area contributed by atoms with E-state index < -0.39 is 5.60 Å². The van der Waals surface area contributed by atoms with Gasteiger partial charge in [-0.15, -0.1) is 0 Å². The molecule has 118 valence electrons. The minimum absolute atomic E-state index is 0.183. The molecule has 2 atom stereocenters. The van der Waals surface area contributed by atoms with Gasteiger partial charge in [0.1, 0.15) is 5.60 Å². The molecule has 2 aliphatic rings.